The number of nitrogens with one attached hydrogen (secondary N) is 1. The van der Waals surface area contributed by atoms with Gasteiger partial charge in [-0.3, -0.25) is 9.59 Å². The van der Waals surface area contributed by atoms with Gasteiger partial charge in [-0.15, -0.1) is 0 Å². The quantitative estimate of drug-likeness (QED) is 0.118. The third kappa shape index (κ3) is 7.35. The fourth-order valence-electron chi connectivity index (χ4n) is 3.55. The van der Waals surface area contributed by atoms with Crippen LogP contribution in [-0.2, 0) is 11.2 Å². The first-order chi connectivity index (χ1) is 17.9. The molecule has 0 saturated carbocycles. The maximum atomic E-state index is 12.5. The lowest BCUT2D eigenvalue weighted by Crippen LogP contribution is -2.29. The molecule has 9 heteroatoms. The number of esters is 1. The largest absolute Gasteiger partial charge is 0.492 e. The minimum absolute atomic E-state index is 0.0916. The molecule has 0 aliphatic rings. The Morgan fingerprint density at radius 1 is 0.946 bits per heavy atom. The second-order valence-electron chi connectivity index (χ2n) is 8.14. The number of halogens is 2. The third-order valence-corrected chi connectivity index (χ3v) is 5.93. The molecule has 1 aromatic heterocycles. The first kappa shape index (κ1) is 26.3. The van der Waals surface area contributed by atoms with Crippen molar-refractivity contribution in [2.75, 3.05) is 13.2 Å². The minimum Gasteiger partial charge on any atom is -0.492 e. The van der Waals surface area contributed by atoms with Crippen LogP contribution in [0.1, 0.15) is 28.8 Å². The fourth-order valence-corrected chi connectivity index (χ4v) is 4.01. The van der Waals surface area contributed by atoms with E-state index in [9.17, 15) is 14.4 Å². The van der Waals surface area contributed by atoms with E-state index in [1.54, 1.807) is 30.3 Å². The summed E-state index contributed by atoms with van der Waals surface area (Å²) in [6, 6.07) is 20.7. The topological polar surface area (TPSA) is 94.8 Å². The number of ether oxygens (including phenoxy) is 2. The zero-order valence-corrected chi connectivity index (χ0v) is 21.2. The van der Waals surface area contributed by atoms with Crippen molar-refractivity contribution in [1.29, 1.82) is 0 Å². The highest BCUT2D eigenvalue weighted by Crippen LogP contribution is 2.27. The highest BCUT2D eigenvalue weighted by molar-refractivity contribution is 6.35. The smallest absolute Gasteiger partial charge is 0.349 e. The van der Waals surface area contributed by atoms with Gasteiger partial charge in [0.1, 0.15) is 22.6 Å². The molecule has 7 nitrogen and oxygen atoms in total. The molecular weight excluding hydrogens is 517 g/mol. The molecule has 0 aliphatic heterocycles. The molecule has 0 atom stereocenters. The van der Waals surface area contributed by atoms with Crippen molar-refractivity contribution in [2.45, 2.75) is 19.3 Å². The molecule has 1 heterocycles. The minimum atomic E-state index is -0.772. The zero-order valence-electron chi connectivity index (χ0n) is 19.7. The average Bonchev–Trinajstić information content (AvgIpc) is 2.87. The van der Waals surface area contributed by atoms with E-state index in [4.69, 9.17) is 37.1 Å². The van der Waals surface area contributed by atoms with Gasteiger partial charge >= 0.3 is 11.6 Å². The number of amides is 1. The maximum Gasteiger partial charge on any atom is 0.349 e. The van der Waals surface area contributed by atoms with E-state index < -0.39 is 17.5 Å². The molecule has 0 saturated heterocycles. The monoisotopic (exact) mass is 539 g/mol. The Bertz CT molecular complexity index is 1470. The predicted octanol–water partition coefficient (Wildman–Crippen LogP) is 5.84. The SMILES string of the molecule is O=C(CCCOc1ccc(Cl)cc1Cl)Oc1ccc2cc(C(=O)NCCc3ccccc3)c(=O)oc2c1. The van der Waals surface area contributed by atoms with Crippen LogP contribution in [0.25, 0.3) is 11.0 Å². The second kappa shape index (κ2) is 12.4. The summed E-state index contributed by atoms with van der Waals surface area (Å²) in [5.74, 6) is -0.276. The Morgan fingerprint density at radius 2 is 1.76 bits per heavy atom. The van der Waals surface area contributed by atoms with Crippen molar-refractivity contribution >= 4 is 46.0 Å². The lowest BCUT2D eigenvalue weighted by atomic mass is 10.1. The lowest BCUT2D eigenvalue weighted by molar-refractivity contribution is -0.134. The first-order valence-electron chi connectivity index (χ1n) is 11.6. The van der Waals surface area contributed by atoms with Crippen LogP contribution >= 0.6 is 23.2 Å². The average molecular weight is 540 g/mol. The molecule has 4 rings (SSSR count). The summed E-state index contributed by atoms with van der Waals surface area (Å²) in [6.45, 7) is 0.645. The van der Waals surface area contributed by atoms with E-state index in [1.165, 1.54) is 12.1 Å². The lowest BCUT2D eigenvalue weighted by Gasteiger charge is -2.09. The summed E-state index contributed by atoms with van der Waals surface area (Å²) < 4.78 is 16.2. The molecule has 0 aliphatic carbocycles. The molecule has 4 aromatic rings. The normalized spacial score (nSPS) is 10.8. The van der Waals surface area contributed by atoms with Gasteiger partial charge in [-0.25, -0.2) is 4.79 Å². The molecule has 1 N–H and O–H groups in total. The highest BCUT2D eigenvalue weighted by Gasteiger charge is 2.15. The standard InChI is InChI=1S/C28H23Cl2NO6/c29-20-9-11-24(23(30)16-20)35-14-4-7-26(32)36-21-10-8-19-15-22(28(34)37-25(19)17-21)27(33)31-13-12-18-5-2-1-3-6-18/h1-3,5-6,8-11,15-17H,4,7,12-14H2,(H,31,33). The van der Waals surface area contributed by atoms with Crippen molar-refractivity contribution < 1.29 is 23.5 Å². The van der Waals surface area contributed by atoms with E-state index in [-0.39, 0.29) is 29.9 Å². The van der Waals surface area contributed by atoms with Gasteiger partial charge in [-0.05, 0) is 54.8 Å². The van der Waals surface area contributed by atoms with Crippen molar-refractivity contribution in [3.63, 3.8) is 0 Å². The van der Waals surface area contributed by atoms with Gasteiger partial charge in [0, 0.05) is 29.4 Å². The van der Waals surface area contributed by atoms with Gasteiger partial charge in [0.15, 0.2) is 0 Å². The number of carbonyl (C=O) groups excluding carboxylic acids is 2. The Kier molecular flexibility index (Phi) is 8.82. The van der Waals surface area contributed by atoms with Crippen molar-refractivity contribution in [1.82, 2.24) is 5.32 Å². The maximum absolute atomic E-state index is 12.5. The summed E-state index contributed by atoms with van der Waals surface area (Å²) in [5, 5.41) is 4.16. The Morgan fingerprint density at radius 3 is 2.54 bits per heavy atom. The Hall–Kier alpha value is -3.81. The second-order valence-corrected chi connectivity index (χ2v) is 8.98. The highest BCUT2D eigenvalue weighted by atomic mass is 35.5. The molecular formula is C28H23Cl2NO6. The third-order valence-electron chi connectivity index (χ3n) is 5.40. The van der Waals surface area contributed by atoms with Crippen LogP contribution in [0.4, 0.5) is 0 Å². The molecule has 3 aromatic carbocycles. The number of carbonyl (C=O) groups is 2. The van der Waals surface area contributed by atoms with Crippen LogP contribution in [0.5, 0.6) is 11.5 Å². The Labute approximate surface area is 222 Å². The van der Waals surface area contributed by atoms with Crippen LogP contribution in [0.15, 0.2) is 82.0 Å². The van der Waals surface area contributed by atoms with E-state index in [0.29, 0.717) is 40.6 Å². The molecule has 0 spiro atoms. The van der Waals surface area contributed by atoms with Crippen LogP contribution in [0.2, 0.25) is 10.0 Å². The Balaban J connectivity index is 1.29. The fraction of sp³-hybridized carbons (Fsp3) is 0.179. The molecule has 37 heavy (non-hydrogen) atoms. The molecule has 0 fully saturated rings. The van der Waals surface area contributed by atoms with Crippen molar-refractivity contribution in [2.24, 2.45) is 0 Å². The molecule has 0 radical (unpaired) electrons. The van der Waals surface area contributed by atoms with E-state index in [1.807, 2.05) is 30.3 Å². The van der Waals surface area contributed by atoms with Crippen LogP contribution < -0.4 is 20.4 Å². The molecule has 0 unspecified atom stereocenters. The van der Waals surface area contributed by atoms with Crippen molar-refractivity contribution in [3.8, 4) is 11.5 Å². The van der Waals surface area contributed by atoms with Crippen molar-refractivity contribution in [3.05, 3.63) is 104 Å². The number of rotatable bonds is 10. The summed E-state index contributed by atoms with van der Waals surface area (Å²) in [5.41, 5.74) is 0.419. The first-order valence-corrected chi connectivity index (χ1v) is 12.3. The van der Waals surface area contributed by atoms with E-state index in [0.717, 1.165) is 5.56 Å². The van der Waals surface area contributed by atoms with Crippen LogP contribution in [-0.4, -0.2) is 25.0 Å². The molecule has 190 valence electrons. The van der Waals surface area contributed by atoms with Gasteiger partial charge < -0.3 is 19.2 Å². The summed E-state index contributed by atoms with van der Waals surface area (Å²) >= 11 is 11.9. The van der Waals surface area contributed by atoms with Gasteiger partial charge in [0.25, 0.3) is 5.91 Å². The van der Waals surface area contributed by atoms with Gasteiger partial charge in [0.2, 0.25) is 0 Å². The zero-order chi connectivity index (χ0) is 26.2. The predicted molar refractivity (Wildman–Crippen MR) is 142 cm³/mol. The number of fused-ring (bicyclic) bond motifs is 1. The van der Waals surface area contributed by atoms with Crippen LogP contribution in [0.3, 0.4) is 0 Å². The van der Waals surface area contributed by atoms with E-state index in [2.05, 4.69) is 5.32 Å². The summed E-state index contributed by atoms with van der Waals surface area (Å²) in [6.07, 6.45) is 1.15. The van der Waals surface area contributed by atoms with Gasteiger partial charge in [-0.1, -0.05) is 53.5 Å². The number of benzene rings is 3. The molecule has 0 bridgehead atoms. The van der Waals surface area contributed by atoms with Crippen LogP contribution in [0, 0.1) is 0 Å². The summed E-state index contributed by atoms with van der Waals surface area (Å²) in [7, 11) is 0. The molecule has 1 amide bonds. The number of hydrogen-bond donors (Lipinski definition) is 1. The van der Waals surface area contributed by atoms with Gasteiger partial charge in [-0.2, -0.15) is 0 Å². The van der Waals surface area contributed by atoms with Gasteiger partial charge in [0.05, 0.1) is 11.6 Å². The van der Waals surface area contributed by atoms with E-state index >= 15 is 0 Å². The number of hydrogen-bond acceptors (Lipinski definition) is 6. The summed E-state index contributed by atoms with van der Waals surface area (Å²) in [4.78, 5) is 37.1.